The van der Waals surface area contributed by atoms with E-state index in [0.717, 1.165) is 44.9 Å². The van der Waals surface area contributed by atoms with Crippen molar-refractivity contribution in [3.05, 3.63) is 12.2 Å². The summed E-state index contributed by atoms with van der Waals surface area (Å²) >= 11 is 0. The van der Waals surface area contributed by atoms with Gasteiger partial charge >= 0.3 is 19.8 Å². The van der Waals surface area contributed by atoms with Gasteiger partial charge in [-0.25, -0.2) is 4.57 Å². The lowest BCUT2D eigenvalue weighted by Gasteiger charge is -2.20. The number of ether oxygens (including phenoxy) is 2. The van der Waals surface area contributed by atoms with Gasteiger partial charge in [0.05, 0.1) is 19.8 Å². The van der Waals surface area contributed by atoms with Gasteiger partial charge in [-0.05, 0) is 38.5 Å². The van der Waals surface area contributed by atoms with Crippen molar-refractivity contribution >= 4 is 19.8 Å². The van der Waals surface area contributed by atoms with Crippen molar-refractivity contribution in [3.8, 4) is 0 Å². The Labute approximate surface area is 254 Å². The summed E-state index contributed by atoms with van der Waals surface area (Å²) in [6, 6.07) is 0. The summed E-state index contributed by atoms with van der Waals surface area (Å²) in [5.41, 5.74) is 0. The Hall–Kier alpha value is -1.29. The molecule has 0 saturated carbocycles. The number of phosphoric acid groups is 1. The molecular weight excluding hydrogens is 563 g/mol. The minimum Gasteiger partial charge on any atom is -0.462 e. The molecule has 1 unspecified atom stereocenters. The van der Waals surface area contributed by atoms with Crippen LogP contribution in [0.1, 0.15) is 136 Å². The summed E-state index contributed by atoms with van der Waals surface area (Å²) in [6.45, 7) is 2.19. The largest absolute Gasteiger partial charge is 0.472 e. The van der Waals surface area contributed by atoms with E-state index in [0.29, 0.717) is 12.8 Å². The Morgan fingerprint density at radius 3 is 1.74 bits per heavy atom. The zero-order valence-electron chi connectivity index (χ0n) is 26.2. The molecule has 11 heteroatoms. The fraction of sp³-hybridized carbons (Fsp3) is 0.871. The smallest absolute Gasteiger partial charge is 0.462 e. The lowest BCUT2D eigenvalue weighted by atomic mass is 10.1. The Balaban J connectivity index is 4.30. The highest BCUT2D eigenvalue weighted by molar-refractivity contribution is 7.47. The third kappa shape index (κ3) is 27.5. The normalized spacial score (nSPS) is 14.5. The summed E-state index contributed by atoms with van der Waals surface area (Å²) in [5, 5.41) is 18.1. The average molecular weight is 623 g/mol. The highest BCUT2D eigenvalue weighted by Gasteiger charge is 2.27. The van der Waals surface area contributed by atoms with Crippen LogP contribution in [0.4, 0.5) is 0 Å². The van der Waals surface area contributed by atoms with Crippen LogP contribution >= 0.6 is 7.82 Å². The number of aliphatic hydroxyl groups is 2. The van der Waals surface area contributed by atoms with E-state index < -0.39 is 51.8 Å². The standard InChI is InChI=1S/C31H59O10P/c1-3-5-7-9-10-11-12-13-14-15-16-17-18-19-21-23-31(35)41-29(26-38-30(34)22-20-8-6-4-2)27-40-42(36,37)39-25-28(33)24-32/h11-12,28-29,32-33H,3-10,13-27H2,1-2H3,(H,36,37)/b12-11+/t28-,29+/m0/s1. The van der Waals surface area contributed by atoms with Gasteiger partial charge in [-0.1, -0.05) is 96.6 Å². The number of rotatable bonds is 30. The number of hydrogen-bond donors (Lipinski definition) is 3. The van der Waals surface area contributed by atoms with Crippen LogP contribution in [-0.2, 0) is 32.7 Å². The summed E-state index contributed by atoms with van der Waals surface area (Å²) in [5.74, 6) is -0.950. The minimum atomic E-state index is -4.59. The second kappa shape index (κ2) is 28.5. The number of hydrogen-bond acceptors (Lipinski definition) is 9. The van der Waals surface area contributed by atoms with Gasteiger partial charge in [0.15, 0.2) is 6.10 Å². The van der Waals surface area contributed by atoms with Crippen LogP contribution in [0.2, 0.25) is 0 Å². The molecule has 0 aliphatic carbocycles. The second-order valence-corrected chi connectivity index (χ2v) is 12.3. The number of unbranched alkanes of at least 4 members (excludes halogenated alkanes) is 14. The maximum atomic E-state index is 12.4. The number of aliphatic hydroxyl groups excluding tert-OH is 2. The molecule has 0 aliphatic heterocycles. The number of allylic oxidation sites excluding steroid dienone is 2. The molecule has 0 heterocycles. The number of carbonyl (C=O) groups excluding carboxylic acids is 2. The zero-order chi connectivity index (χ0) is 31.3. The maximum Gasteiger partial charge on any atom is 0.472 e. The van der Waals surface area contributed by atoms with Crippen molar-refractivity contribution in [1.29, 1.82) is 0 Å². The average Bonchev–Trinajstić information content (AvgIpc) is 2.97. The topological polar surface area (TPSA) is 149 Å². The Bertz CT molecular complexity index is 731. The van der Waals surface area contributed by atoms with Crippen LogP contribution in [-0.4, -0.2) is 65.7 Å². The van der Waals surface area contributed by atoms with Crippen molar-refractivity contribution in [2.24, 2.45) is 0 Å². The fourth-order valence-corrected chi connectivity index (χ4v) is 4.89. The lowest BCUT2D eigenvalue weighted by Crippen LogP contribution is -2.29. The molecular formula is C31H59O10P. The van der Waals surface area contributed by atoms with Gasteiger partial charge in [0.25, 0.3) is 0 Å². The molecule has 0 aromatic carbocycles. The molecule has 42 heavy (non-hydrogen) atoms. The lowest BCUT2D eigenvalue weighted by molar-refractivity contribution is -0.161. The van der Waals surface area contributed by atoms with E-state index in [9.17, 15) is 24.2 Å². The van der Waals surface area contributed by atoms with Crippen molar-refractivity contribution in [3.63, 3.8) is 0 Å². The summed E-state index contributed by atoms with van der Waals surface area (Å²) in [4.78, 5) is 34.3. The first-order valence-corrected chi connectivity index (χ1v) is 17.6. The van der Waals surface area contributed by atoms with E-state index >= 15 is 0 Å². The van der Waals surface area contributed by atoms with Crippen molar-refractivity contribution in [1.82, 2.24) is 0 Å². The summed E-state index contributed by atoms with van der Waals surface area (Å²) in [7, 11) is -4.59. The second-order valence-electron chi connectivity index (χ2n) is 10.8. The van der Waals surface area contributed by atoms with E-state index in [2.05, 4.69) is 30.5 Å². The zero-order valence-corrected chi connectivity index (χ0v) is 27.1. The Morgan fingerprint density at radius 1 is 0.690 bits per heavy atom. The maximum absolute atomic E-state index is 12.4. The third-order valence-electron chi connectivity index (χ3n) is 6.67. The van der Waals surface area contributed by atoms with E-state index in [4.69, 9.17) is 19.1 Å². The van der Waals surface area contributed by atoms with Crippen LogP contribution in [0.5, 0.6) is 0 Å². The van der Waals surface area contributed by atoms with Gasteiger partial charge in [-0.15, -0.1) is 0 Å². The fourth-order valence-electron chi connectivity index (χ4n) is 4.10. The third-order valence-corrected chi connectivity index (χ3v) is 7.62. The van der Waals surface area contributed by atoms with Gasteiger partial charge in [-0.3, -0.25) is 18.6 Å². The highest BCUT2D eigenvalue weighted by atomic mass is 31.2. The summed E-state index contributed by atoms with van der Waals surface area (Å²) in [6.07, 6.45) is 21.1. The first-order chi connectivity index (χ1) is 20.2. The van der Waals surface area contributed by atoms with Gasteiger partial charge in [0.1, 0.15) is 12.7 Å². The summed E-state index contributed by atoms with van der Waals surface area (Å²) < 4.78 is 32.2. The molecule has 0 bridgehead atoms. The van der Waals surface area contributed by atoms with Crippen LogP contribution < -0.4 is 0 Å². The van der Waals surface area contributed by atoms with Crippen LogP contribution in [0.25, 0.3) is 0 Å². The predicted molar refractivity (Wildman–Crippen MR) is 164 cm³/mol. The molecule has 0 aromatic heterocycles. The molecule has 0 amide bonds. The van der Waals surface area contributed by atoms with Gasteiger partial charge in [0.2, 0.25) is 0 Å². The van der Waals surface area contributed by atoms with Crippen LogP contribution in [0.15, 0.2) is 12.2 Å². The Morgan fingerprint density at radius 2 is 1.17 bits per heavy atom. The number of phosphoric ester groups is 1. The molecule has 10 nitrogen and oxygen atoms in total. The van der Waals surface area contributed by atoms with Gasteiger partial charge in [0, 0.05) is 12.8 Å². The highest BCUT2D eigenvalue weighted by Crippen LogP contribution is 2.43. The molecule has 0 radical (unpaired) electrons. The first kappa shape index (κ1) is 40.7. The van der Waals surface area contributed by atoms with Crippen LogP contribution in [0.3, 0.4) is 0 Å². The number of esters is 2. The number of carbonyl (C=O) groups is 2. The molecule has 0 spiro atoms. The molecule has 0 fully saturated rings. The molecule has 248 valence electrons. The van der Waals surface area contributed by atoms with Gasteiger partial charge < -0.3 is 24.6 Å². The van der Waals surface area contributed by atoms with E-state index in [-0.39, 0.29) is 19.4 Å². The van der Waals surface area contributed by atoms with E-state index in [1.54, 1.807) is 0 Å². The van der Waals surface area contributed by atoms with Gasteiger partial charge in [-0.2, -0.15) is 0 Å². The molecule has 0 aromatic rings. The SMILES string of the molecule is CCCCCC/C=C/CCCCCCCCCC(=O)O[C@H](COC(=O)CCCCCC)COP(=O)(O)OC[C@@H](O)CO. The van der Waals surface area contributed by atoms with Crippen LogP contribution in [0, 0.1) is 0 Å². The monoisotopic (exact) mass is 622 g/mol. The van der Waals surface area contributed by atoms with Crippen molar-refractivity contribution in [2.45, 2.75) is 148 Å². The van der Waals surface area contributed by atoms with E-state index in [1.165, 1.54) is 51.4 Å². The van der Waals surface area contributed by atoms with Crippen molar-refractivity contribution in [2.75, 3.05) is 26.4 Å². The first-order valence-electron chi connectivity index (χ1n) is 16.1. The molecule has 3 atom stereocenters. The predicted octanol–water partition coefficient (Wildman–Crippen LogP) is 6.94. The Kier molecular flexibility index (Phi) is 27.6. The molecule has 0 rings (SSSR count). The molecule has 3 N–H and O–H groups in total. The quantitative estimate of drug-likeness (QED) is 0.0333. The van der Waals surface area contributed by atoms with E-state index in [1.807, 2.05) is 0 Å². The molecule has 0 saturated heterocycles. The minimum absolute atomic E-state index is 0.181. The van der Waals surface area contributed by atoms with Crippen molar-refractivity contribution < 1.29 is 47.8 Å². The molecule has 0 aliphatic rings.